The number of ether oxygens (including phenoxy) is 2. The third kappa shape index (κ3) is 5.34. The molecule has 1 heterocycles. The van der Waals surface area contributed by atoms with Crippen LogP contribution in [0.2, 0.25) is 0 Å². The Morgan fingerprint density at radius 2 is 1.88 bits per heavy atom. The van der Waals surface area contributed by atoms with Crippen molar-refractivity contribution in [2.75, 3.05) is 26.8 Å². The molecule has 1 aliphatic rings. The van der Waals surface area contributed by atoms with Gasteiger partial charge in [-0.15, -0.1) is 0 Å². The van der Waals surface area contributed by atoms with E-state index < -0.39 is 18.4 Å². The number of hydrogen-bond acceptors (Lipinski definition) is 4. The molecule has 0 aromatic heterocycles. The molecule has 0 bridgehead atoms. The molecule has 1 aromatic carbocycles. The first-order valence-corrected chi connectivity index (χ1v) is 8.12. The normalized spacial score (nSPS) is 18.4. The molecule has 5 nitrogen and oxygen atoms in total. The fraction of sp³-hybridized carbons (Fsp3) is 0.588. The molecule has 1 atom stereocenters. The molecule has 0 radical (unpaired) electrons. The number of methoxy groups -OCH3 is 1. The van der Waals surface area contributed by atoms with E-state index in [0.717, 1.165) is 5.56 Å². The summed E-state index contributed by atoms with van der Waals surface area (Å²) in [6.07, 6.45) is -3.19. The van der Waals surface area contributed by atoms with E-state index in [4.69, 9.17) is 4.74 Å². The van der Waals surface area contributed by atoms with Crippen molar-refractivity contribution in [2.24, 2.45) is 0 Å². The Bertz CT molecular complexity index is 569. The number of alkyl halides is 3. The van der Waals surface area contributed by atoms with E-state index in [-0.39, 0.29) is 17.7 Å². The average Bonchev–Trinajstić information content (AvgIpc) is 2.60. The molecular formula is C17H23F3N2O3. The van der Waals surface area contributed by atoms with Crippen molar-refractivity contribution in [3.05, 3.63) is 29.8 Å². The first-order valence-electron chi connectivity index (χ1n) is 8.12. The lowest BCUT2D eigenvalue weighted by atomic mass is 9.90. The van der Waals surface area contributed by atoms with Gasteiger partial charge in [-0.25, -0.2) is 0 Å². The number of nitrogens with one attached hydrogen (secondary N) is 2. The molecule has 1 aliphatic heterocycles. The fourth-order valence-corrected chi connectivity index (χ4v) is 2.78. The molecule has 140 valence electrons. The quantitative estimate of drug-likeness (QED) is 0.819. The summed E-state index contributed by atoms with van der Waals surface area (Å²) in [5.74, 6) is -0.0484. The van der Waals surface area contributed by atoms with Crippen LogP contribution in [0.1, 0.15) is 31.4 Å². The Kier molecular flexibility index (Phi) is 6.29. The van der Waals surface area contributed by atoms with Crippen molar-refractivity contribution in [2.45, 2.75) is 37.6 Å². The van der Waals surface area contributed by atoms with Crippen LogP contribution >= 0.6 is 0 Å². The van der Waals surface area contributed by atoms with E-state index in [1.807, 2.05) is 6.92 Å². The lowest BCUT2D eigenvalue weighted by Gasteiger charge is -2.35. The van der Waals surface area contributed by atoms with Gasteiger partial charge in [-0.2, -0.15) is 13.2 Å². The Morgan fingerprint density at radius 1 is 1.28 bits per heavy atom. The second-order valence-corrected chi connectivity index (χ2v) is 6.12. The average molecular weight is 360 g/mol. The van der Waals surface area contributed by atoms with E-state index in [2.05, 4.69) is 15.4 Å². The van der Waals surface area contributed by atoms with Crippen LogP contribution in [0.4, 0.5) is 13.2 Å². The number of benzene rings is 1. The second-order valence-electron chi connectivity index (χ2n) is 6.12. The molecule has 2 rings (SSSR count). The summed E-state index contributed by atoms with van der Waals surface area (Å²) >= 11 is 0. The molecule has 1 amide bonds. The Hall–Kier alpha value is -1.80. The lowest BCUT2D eigenvalue weighted by molar-refractivity contribution is -0.153. The van der Waals surface area contributed by atoms with Gasteiger partial charge in [0.15, 0.2) is 6.61 Å². The van der Waals surface area contributed by atoms with Gasteiger partial charge in [-0.3, -0.25) is 4.79 Å². The van der Waals surface area contributed by atoms with Crippen molar-refractivity contribution in [1.82, 2.24) is 10.6 Å². The highest BCUT2D eigenvalue weighted by atomic mass is 19.4. The number of carbonyl (C=O) groups excluding carboxylic acids is 1. The van der Waals surface area contributed by atoms with Gasteiger partial charge in [-0.05, 0) is 50.6 Å². The van der Waals surface area contributed by atoms with E-state index in [9.17, 15) is 18.0 Å². The van der Waals surface area contributed by atoms with Crippen LogP contribution in [0.25, 0.3) is 0 Å². The molecule has 0 aliphatic carbocycles. The lowest BCUT2D eigenvalue weighted by Crippen LogP contribution is -2.54. The number of halogens is 3. The summed E-state index contributed by atoms with van der Waals surface area (Å²) in [4.78, 5) is 12.6. The molecule has 1 fully saturated rings. The zero-order valence-corrected chi connectivity index (χ0v) is 14.3. The summed E-state index contributed by atoms with van der Waals surface area (Å²) in [6, 6.07) is 5.89. The van der Waals surface area contributed by atoms with E-state index in [1.165, 1.54) is 19.2 Å². The molecule has 1 saturated heterocycles. The minimum Gasteiger partial charge on any atom is -0.484 e. The Morgan fingerprint density at radius 3 is 2.40 bits per heavy atom. The highest BCUT2D eigenvalue weighted by Gasteiger charge is 2.40. The van der Waals surface area contributed by atoms with E-state index >= 15 is 0 Å². The van der Waals surface area contributed by atoms with Crippen LogP contribution in [0.5, 0.6) is 5.75 Å². The molecule has 1 aromatic rings. The first kappa shape index (κ1) is 19.5. The number of carbonyl (C=O) groups is 1. The van der Waals surface area contributed by atoms with Gasteiger partial charge in [-0.1, -0.05) is 12.1 Å². The minimum atomic E-state index is -4.37. The second kappa shape index (κ2) is 8.05. The molecule has 0 saturated carbocycles. The Balaban J connectivity index is 1.95. The first-order chi connectivity index (χ1) is 11.8. The van der Waals surface area contributed by atoms with Crippen molar-refractivity contribution in [1.29, 1.82) is 0 Å². The van der Waals surface area contributed by atoms with Crippen LogP contribution < -0.4 is 15.4 Å². The monoisotopic (exact) mass is 360 g/mol. The van der Waals surface area contributed by atoms with E-state index in [1.54, 1.807) is 12.1 Å². The molecule has 1 unspecified atom stereocenters. The zero-order valence-electron chi connectivity index (χ0n) is 14.3. The smallest absolute Gasteiger partial charge is 0.422 e. The molecular weight excluding hydrogens is 337 g/mol. The molecule has 25 heavy (non-hydrogen) atoms. The van der Waals surface area contributed by atoms with Crippen LogP contribution in [-0.2, 0) is 9.53 Å². The van der Waals surface area contributed by atoms with Crippen molar-refractivity contribution < 1.29 is 27.4 Å². The predicted octanol–water partition coefficient (Wildman–Crippen LogP) is 2.57. The summed E-state index contributed by atoms with van der Waals surface area (Å²) in [6.45, 7) is 1.90. The number of hydrogen-bond donors (Lipinski definition) is 2. The zero-order chi connectivity index (χ0) is 18.5. The van der Waals surface area contributed by atoms with Crippen LogP contribution in [0.3, 0.4) is 0 Å². The highest BCUT2D eigenvalue weighted by molar-refractivity contribution is 5.85. The third-order valence-electron chi connectivity index (χ3n) is 4.35. The van der Waals surface area contributed by atoms with Crippen LogP contribution in [-0.4, -0.2) is 44.5 Å². The van der Waals surface area contributed by atoms with Gasteiger partial charge < -0.3 is 20.1 Å². The van der Waals surface area contributed by atoms with Crippen molar-refractivity contribution >= 4 is 5.91 Å². The van der Waals surface area contributed by atoms with E-state index in [0.29, 0.717) is 25.9 Å². The maximum absolute atomic E-state index is 12.6. The maximum Gasteiger partial charge on any atom is 0.422 e. The minimum absolute atomic E-state index is 0.131. The van der Waals surface area contributed by atoms with Gasteiger partial charge in [0, 0.05) is 7.11 Å². The van der Waals surface area contributed by atoms with Crippen LogP contribution in [0.15, 0.2) is 24.3 Å². The van der Waals surface area contributed by atoms with Crippen molar-refractivity contribution in [3.63, 3.8) is 0 Å². The van der Waals surface area contributed by atoms with Gasteiger partial charge in [0.2, 0.25) is 0 Å². The maximum atomic E-state index is 12.6. The largest absolute Gasteiger partial charge is 0.484 e. The fourth-order valence-electron chi connectivity index (χ4n) is 2.78. The van der Waals surface area contributed by atoms with Crippen LogP contribution in [0, 0.1) is 0 Å². The number of rotatable bonds is 6. The summed E-state index contributed by atoms with van der Waals surface area (Å²) in [5.41, 5.74) is -0.0668. The highest BCUT2D eigenvalue weighted by Crippen LogP contribution is 2.25. The third-order valence-corrected chi connectivity index (χ3v) is 4.35. The van der Waals surface area contributed by atoms with Gasteiger partial charge >= 0.3 is 6.18 Å². The number of piperidine rings is 1. The number of amides is 1. The SMILES string of the molecule is COC1(C(=O)NC(C)c2ccc(OCC(F)(F)F)cc2)CCNCC1. The van der Waals surface area contributed by atoms with Gasteiger partial charge in [0.05, 0.1) is 6.04 Å². The van der Waals surface area contributed by atoms with Gasteiger partial charge in [0.25, 0.3) is 5.91 Å². The summed E-state index contributed by atoms with van der Waals surface area (Å²) in [5, 5.41) is 6.11. The summed E-state index contributed by atoms with van der Waals surface area (Å²) in [7, 11) is 1.53. The molecule has 0 spiro atoms. The standard InChI is InChI=1S/C17H23F3N2O3/c1-12(22-15(23)16(24-2)7-9-21-10-8-16)13-3-5-14(6-4-13)25-11-17(18,19)20/h3-6,12,21H,7-11H2,1-2H3,(H,22,23). The Labute approximate surface area is 144 Å². The van der Waals surface area contributed by atoms with Gasteiger partial charge in [0.1, 0.15) is 11.4 Å². The topological polar surface area (TPSA) is 59.6 Å². The summed E-state index contributed by atoms with van der Waals surface area (Å²) < 4.78 is 46.6. The predicted molar refractivity (Wildman–Crippen MR) is 86.4 cm³/mol. The van der Waals surface area contributed by atoms with Crippen molar-refractivity contribution in [3.8, 4) is 5.75 Å². The molecule has 2 N–H and O–H groups in total. The molecule has 8 heteroatoms.